The summed E-state index contributed by atoms with van der Waals surface area (Å²) in [4.78, 5) is 10.9. The molecule has 1 aromatic rings. The lowest BCUT2D eigenvalue weighted by Crippen LogP contribution is -2.10. The maximum absolute atomic E-state index is 10.9. The third-order valence-electron chi connectivity index (χ3n) is 2.52. The molecule has 0 unspecified atom stereocenters. The van der Waals surface area contributed by atoms with Gasteiger partial charge in [-0.2, -0.15) is 0 Å². The van der Waals surface area contributed by atoms with Crippen molar-refractivity contribution in [3.63, 3.8) is 0 Å². The summed E-state index contributed by atoms with van der Waals surface area (Å²) in [6.07, 6.45) is 4.36. The molecule has 0 aromatic carbocycles. The Hall–Kier alpha value is -1.25. The summed E-state index contributed by atoms with van der Waals surface area (Å²) in [5, 5.41) is 8.95. The van der Waals surface area contributed by atoms with Crippen LogP contribution in [0.5, 0.6) is 0 Å². The number of aromatic carboxylic acids is 1. The van der Waals surface area contributed by atoms with Gasteiger partial charge in [0.05, 0.1) is 0 Å². The van der Waals surface area contributed by atoms with Crippen LogP contribution in [0.25, 0.3) is 0 Å². The maximum atomic E-state index is 10.9. The third kappa shape index (κ3) is 1.59. The molecule has 0 saturated heterocycles. The van der Waals surface area contributed by atoms with Crippen LogP contribution in [-0.4, -0.2) is 15.6 Å². The second-order valence-corrected chi connectivity index (χ2v) is 3.75. The highest BCUT2D eigenvalue weighted by Crippen LogP contribution is 2.31. The normalized spacial score (nSPS) is 16.1. The highest BCUT2D eigenvalue weighted by atomic mass is 16.4. The molecule has 0 bridgehead atoms. The van der Waals surface area contributed by atoms with E-state index in [9.17, 15) is 4.79 Å². The zero-order valence-corrected chi connectivity index (χ0v) is 7.66. The first kappa shape index (κ1) is 8.35. The summed E-state index contributed by atoms with van der Waals surface area (Å²) < 4.78 is 1.86. The summed E-state index contributed by atoms with van der Waals surface area (Å²) in [6.45, 7) is 2.71. The Morgan fingerprint density at radius 3 is 2.92 bits per heavy atom. The van der Waals surface area contributed by atoms with Gasteiger partial charge in [0.25, 0.3) is 0 Å². The quantitative estimate of drug-likeness (QED) is 0.770. The van der Waals surface area contributed by atoms with Gasteiger partial charge < -0.3 is 9.67 Å². The van der Waals surface area contributed by atoms with Crippen molar-refractivity contribution >= 4 is 5.97 Å². The van der Waals surface area contributed by atoms with Crippen molar-refractivity contribution in [3.05, 3.63) is 23.5 Å². The summed E-state index contributed by atoms with van der Waals surface area (Å²) in [7, 11) is 0. The SMILES string of the molecule is Cc1ccn(CC2CC2)c1C(=O)O. The molecule has 1 saturated carbocycles. The van der Waals surface area contributed by atoms with Crippen molar-refractivity contribution in [1.82, 2.24) is 4.57 Å². The number of hydrogen-bond acceptors (Lipinski definition) is 1. The monoisotopic (exact) mass is 179 g/mol. The van der Waals surface area contributed by atoms with E-state index >= 15 is 0 Å². The van der Waals surface area contributed by atoms with E-state index in [0.29, 0.717) is 11.6 Å². The Kier molecular flexibility index (Phi) is 1.87. The Balaban J connectivity index is 2.27. The molecule has 3 heteroatoms. The van der Waals surface area contributed by atoms with Crippen LogP contribution in [0.3, 0.4) is 0 Å². The van der Waals surface area contributed by atoms with E-state index in [2.05, 4.69) is 0 Å². The lowest BCUT2D eigenvalue weighted by Gasteiger charge is -2.04. The Labute approximate surface area is 77.0 Å². The van der Waals surface area contributed by atoms with E-state index < -0.39 is 5.97 Å². The van der Waals surface area contributed by atoms with Crippen molar-refractivity contribution in [2.45, 2.75) is 26.3 Å². The van der Waals surface area contributed by atoms with Gasteiger partial charge in [0, 0.05) is 12.7 Å². The predicted molar refractivity (Wildman–Crippen MR) is 48.9 cm³/mol. The van der Waals surface area contributed by atoms with Crippen LogP contribution in [0.2, 0.25) is 0 Å². The molecule has 1 aliphatic rings. The fraction of sp³-hybridized carbons (Fsp3) is 0.500. The van der Waals surface area contributed by atoms with Crippen molar-refractivity contribution in [3.8, 4) is 0 Å². The number of aryl methyl sites for hydroxylation is 1. The van der Waals surface area contributed by atoms with E-state index in [4.69, 9.17) is 5.11 Å². The van der Waals surface area contributed by atoms with E-state index in [-0.39, 0.29) is 0 Å². The van der Waals surface area contributed by atoms with Crippen LogP contribution in [0.15, 0.2) is 12.3 Å². The highest BCUT2D eigenvalue weighted by molar-refractivity contribution is 5.87. The Morgan fingerprint density at radius 2 is 2.38 bits per heavy atom. The second kappa shape index (κ2) is 2.91. The average Bonchev–Trinajstić information content (AvgIpc) is 2.76. The minimum absolute atomic E-state index is 0.451. The van der Waals surface area contributed by atoms with Gasteiger partial charge in [0.15, 0.2) is 0 Å². The Morgan fingerprint density at radius 1 is 1.69 bits per heavy atom. The first-order chi connectivity index (χ1) is 6.18. The van der Waals surface area contributed by atoms with Crippen LogP contribution in [0.1, 0.15) is 28.9 Å². The van der Waals surface area contributed by atoms with Gasteiger partial charge >= 0.3 is 5.97 Å². The fourth-order valence-corrected chi connectivity index (χ4v) is 1.60. The van der Waals surface area contributed by atoms with Crippen molar-refractivity contribution in [2.24, 2.45) is 5.92 Å². The average molecular weight is 179 g/mol. The standard InChI is InChI=1S/C10H13NO2/c1-7-4-5-11(6-8-2-3-8)9(7)10(12)13/h4-5,8H,2-3,6H2,1H3,(H,12,13). The number of carboxylic acids is 1. The molecule has 0 radical (unpaired) electrons. The maximum Gasteiger partial charge on any atom is 0.352 e. The van der Waals surface area contributed by atoms with Crippen molar-refractivity contribution in [2.75, 3.05) is 0 Å². The van der Waals surface area contributed by atoms with Gasteiger partial charge in [-0.15, -0.1) is 0 Å². The lowest BCUT2D eigenvalue weighted by atomic mass is 10.2. The molecular weight excluding hydrogens is 166 g/mol. The molecule has 1 fully saturated rings. The van der Waals surface area contributed by atoms with Gasteiger partial charge in [-0.05, 0) is 37.3 Å². The smallest absolute Gasteiger partial charge is 0.352 e. The number of rotatable bonds is 3. The summed E-state index contributed by atoms with van der Waals surface area (Å²) >= 11 is 0. The molecule has 2 rings (SSSR count). The molecule has 0 spiro atoms. The molecule has 1 heterocycles. The number of carbonyl (C=O) groups is 1. The molecule has 70 valence electrons. The predicted octanol–water partition coefficient (Wildman–Crippen LogP) is 1.90. The van der Waals surface area contributed by atoms with Crippen LogP contribution in [-0.2, 0) is 6.54 Å². The first-order valence-electron chi connectivity index (χ1n) is 4.57. The zero-order valence-electron chi connectivity index (χ0n) is 7.66. The molecule has 0 aliphatic heterocycles. The molecule has 1 aliphatic carbocycles. The fourth-order valence-electron chi connectivity index (χ4n) is 1.60. The highest BCUT2D eigenvalue weighted by Gasteiger charge is 2.24. The first-order valence-corrected chi connectivity index (χ1v) is 4.57. The second-order valence-electron chi connectivity index (χ2n) is 3.75. The molecule has 13 heavy (non-hydrogen) atoms. The number of nitrogens with zero attached hydrogens (tertiary/aromatic N) is 1. The van der Waals surface area contributed by atoms with Gasteiger partial charge in [-0.3, -0.25) is 0 Å². The van der Waals surface area contributed by atoms with Crippen molar-refractivity contribution < 1.29 is 9.90 Å². The number of hydrogen-bond donors (Lipinski definition) is 1. The number of carboxylic acid groups (broad SMARTS) is 1. The van der Waals surface area contributed by atoms with Crippen LogP contribution in [0.4, 0.5) is 0 Å². The largest absolute Gasteiger partial charge is 0.477 e. The zero-order chi connectivity index (χ0) is 9.42. The van der Waals surface area contributed by atoms with Crippen molar-refractivity contribution in [1.29, 1.82) is 0 Å². The molecule has 3 nitrogen and oxygen atoms in total. The third-order valence-corrected chi connectivity index (χ3v) is 2.52. The summed E-state index contributed by atoms with van der Waals surface area (Å²) in [5.74, 6) is -0.104. The van der Waals surface area contributed by atoms with E-state index in [1.54, 1.807) is 0 Å². The lowest BCUT2D eigenvalue weighted by molar-refractivity contribution is 0.0684. The van der Waals surface area contributed by atoms with Crippen LogP contribution < -0.4 is 0 Å². The van der Waals surface area contributed by atoms with E-state index in [1.165, 1.54) is 12.8 Å². The summed E-state index contributed by atoms with van der Waals surface area (Å²) in [6, 6.07) is 1.87. The van der Waals surface area contributed by atoms with Gasteiger partial charge in [0.2, 0.25) is 0 Å². The van der Waals surface area contributed by atoms with Crippen LogP contribution >= 0.6 is 0 Å². The molecule has 1 N–H and O–H groups in total. The molecular formula is C10H13NO2. The summed E-state index contributed by atoms with van der Waals surface area (Å²) in [5.41, 5.74) is 1.31. The molecule has 0 amide bonds. The van der Waals surface area contributed by atoms with Crippen LogP contribution in [0, 0.1) is 12.8 Å². The van der Waals surface area contributed by atoms with Gasteiger partial charge in [-0.25, -0.2) is 4.79 Å². The minimum Gasteiger partial charge on any atom is -0.477 e. The van der Waals surface area contributed by atoms with E-state index in [1.807, 2.05) is 23.8 Å². The molecule has 1 aromatic heterocycles. The van der Waals surface area contributed by atoms with E-state index in [0.717, 1.165) is 12.1 Å². The topological polar surface area (TPSA) is 42.2 Å². The molecule has 0 atom stereocenters. The number of aromatic nitrogens is 1. The van der Waals surface area contributed by atoms with Gasteiger partial charge in [0.1, 0.15) is 5.69 Å². The minimum atomic E-state index is -0.817. The Bertz CT molecular complexity index is 337. The van der Waals surface area contributed by atoms with Gasteiger partial charge in [-0.1, -0.05) is 0 Å².